The van der Waals surface area contributed by atoms with Gasteiger partial charge in [0.25, 0.3) is 0 Å². The average molecular weight is 265 g/mol. The van der Waals surface area contributed by atoms with E-state index < -0.39 is 0 Å². The molecule has 0 atom stereocenters. The molecule has 1 saturated carbocycles. The Morgan fingerprint density at radius 3 is 2.42 bits per heavy atom. The molecule has 0 radical (unpaired) electrons. The second-order valence-corrected chi connectivity index (χ2v) is 5.38. The van der Waals surface area contributed by atoms with Crippen LogP contribution in [0.2, 0.25) is 0 Å². The van der Waals surface area contributed by atoms with Gasteiger partial charge in [-0.1, -0.05) is 25.7 Å². The molecule has 1 heterocycles. The van der Waals surface area contributed by atoms with Crippen molar-refractivity contribution >= 4 is 0 Å². The van der Waals surface area contributed by atoms with E-state index in [2.05, 4.69) is 9.97 Å². The summed E-state index contributed by atoms with van der Waals surface area (Å²) in [6.45, 7) is 2.40. The molecule has 106 valence electrons. The van der Waals surface area contributed by atoms with Crippen molar-refractivity contribution in [1.29, 1.82) is 0 Å². The summed E-state index contributed by atoms with van der Waals surface area (Å²) in [5.41, 5.74) is 7.03. The number of ether oxygens (including phenoxy) is 2. The second kappa shape index (κ2) is 6.19. The Balaban J connectivity index is 2.01. The number of hydrogen-bond donors (Lipinski definition) is 1. The minimum Gasteiger partial charge on any atom is -0.481 e. The van der Waals surface area contributed by atoms with Gasteiger partial charge in [0.1, 0.15) is 12.9 Å². The number of nitrogens with two attached hydrogens (primary N) is 1. The van der Waals surface area contributed by atoms with Gasteiger partial charge in [0.2, 0.25) is 11.8 Å². The van der Waals surface area contributed by atoms with Crippen molar-refractivity contribution in [2.75, 3.05) is 13.7 Å². The summed E-state index contributed by atoms with van der Waals surface area (Å²) < 4.78 is 11.0. The van der Waals surface area contributed by atoms with E-state index in [1.807, 2.05) is 6.92 Å². The predicted octanol–water partition coefficient (Wildman–Crippen LogP) is 2.22. The quantitative estimate of drug-likeness (QED) is 0.845. The summed E-state index contributed by atoms with van der Waals surface area (Å²) >= 11 is 0. The van der Waals surface area contributed by atoms with Gasteiger partial charge in [0, 0.05) is 0 Å². The summed E-state index contributed by atoms with van der Waals surface area (Å²) in [6.07, 6.45) is 8.43. The van der Waals surface area contributed by atoms with E-state index in [0.29, 0.717) is 18.4 Å². The SMILES string of the molecule is COc1ncnc(OCC2(N)CCCCCC2)c1C. The molecule has 0 aliphatic heterocycles. The maximum absolute atomic E-state index is 6.43. The lowest BCUT2D eigenvalue weighted by atomic mass is 9.93. The first-order valence-electron chi connectivity index (χ1n) is 6.92. The van der Waals surface area contributed by atoms with Crippen LogP contribution in [0, 0.1) is 6.92 Å². The molecule has 5 heteroatoms. The highest BCUT2D eigenvalue weighted by Crippen LogP contribution is 2.27. The Labute approximate surface area is 114 Å². The lowest BCUT2D eigenvalue weighted by molar-refractivity contribution is 0.191. The third-order valence-corrected chi connectivity index (χ3v) is 3.78. The molecule has 19 heavy (non-hydrogen) atoms. The highest BCUT2D eigenvalue weighted by atomic mass is 16.5. The molecule has 5 nitrogen and oxygen atoms in total. The van der Waals surface area contributed by atoms with Gasteiger partial charge in [0.15, 0.2) is 0 Å². The molecule has 0 unspecified atom stereocenters. The van der Waals surface area contributed by atoms with E-state index >= 15 is 0 Å². The van der Waals surface area contributed by atoms with Gasteiger partial charge < -0.3 is 15.2 Å². The van der Waals surface area contributed by atoms with Crippen LogP contribution in [0.25, 0.3) is 0 Å². The van der Waals surface area contributed by atoms with E-state index in [0.717, 1.165) is 18.4 Å². The maximum atomic E-state index is 6.43. The zero-order valence-corrected chi connectivity index (χ0v) is 11.8. The molecular formula is C14H23N3O2. The largest absolute Gasteiger partial charge is 0.481 e. The Kier molecular flexibility index (Phi) is 4.58. The third-order valence-electron chi connectivity index (χ3n) is 3.78. The number of hydrogen-bond acceptors (Lipinski definition) is 5. The van der Waals surface area contributed by atoms with Gasteiger partial charge in [-0.05, 0) is 19.8 Å². The summed E-state index contributed by atoms with van der Waals surface area (Å²) in [5.74, 6) is 1.12. The molecule has 2 N–H and O–H groups in total. The van der Waals surface area contributed by atoms with E-state index in [1.54, 1.807) is 7.11 Å². The van der Waals surface area contributed by atoms with Crippen molar-refractivity contribution in [3.8, 4) is 11.8 Å². The van der Waals surface area contributed by atoms with Gasteiger partial charge in [-0.25, -0.2) is 9.97 Å². The molecule has 0 aromatic carbocycles. The minimum atomic E-state index is -0.221. The number of aromatic nitrogens is 2. The highest BCUT2D eigenvalue weighted by Gasteiger charge is 2.27. The van der Waals surface area contributed by atoms with Crippen LogP contribution < -0.4 is 15.2 Å². The van der Waals surface area contributed by atoms with Crippen molar-refractivity contribution in [2.24, 2.45) is 5.73 Å². The standard InChI is InChI=1S/C14H23N3O2/c1-11-12(18-2)16-10-17-13(11)19-9-14(15)7-5-3-4-6-8-14/h10H,3-9,15H2,1-2H3. The Morgan fingerprint density at radius 1 is 1.16 bits per heavy atom. The molecule has 0 amide bonds. The van der Waals surface area contributed by atoms with Crippen LogP contribution in [-0.2, 0) is 0 Å². The van der Waals surface area contributed by atoms with E-state index in [4.69, 9.17) is 15.2 Å². The topological polar surface area (TPSA) is 70.3 Å². The molecule has 0 saturated heterocycles. The van der Waals surface area contributed by atoms with Crippen molar-refractivity contribution in [1.82, 2.24) is 9.97 Å². The van der Waals surface area contributed by atoms with Crippen LogP contribution in [0.1, 0.15) is 44.1 Å². The van der Waals surface area contributed by atoms with Crippen LogP contribution >= 0.6 is 0 Å². The van der Waals surface area contributed by atoms with E-state index in [-0.39, 0.29) is 5.54 Å². The molecule has 1 aromatic rings. The Morgan fingerprint density at radius 2 is 1.79 bits per heavy atom. The van der Waals surface area contributed by atoms with Gasteiger partial charge in [-0.3, -0.25) is 0 Å². The van der Waals surface area contributed by atoms with Crippen molar-refractivity contribution in [3.05, 3.63) is 11.9 Å². The third kappa shape index (κ3) is 3.56. The second-order valence-electron chi connectivity index (χ2n) is 5.38. The molecular weight excluding hydrogens is 242 g/mol. The minimum absolute atomic E-state index is 0.221. The summed E-state index contributed by atoms with van der Waals surface area (Å²) in [6, 6.07) is 0. The average Bonchev–Trinajstić information content (AvgIpc) is 2.63. The zero-order chi connectivity index (χ0) is 13.7. The Hall–Kier alpha value is -1.36. The fraction of sp³-hybridized carbons (Fsp3) is 0.714. The first kappa shape index (κ1) is 14.1. The van der Waals surface area contributed by atoms with Crippen LogP contribution in [0.15, 0.2) is 6.33 Å². The lowest BCUT2D eigenvalue weighted by Gasteiger charge is -2.27. The maximum Gasteiger partial charge on any atom is 0.223 e. The lowest BCUT2D eigenvalue weighted by Crippen LogP contribution is -2.45. The van der Waals surface area contributed by atoms with Crippen LogP contribution in [-0.4, -0.2) is 29.2 Å². The van der Waals surface area contributed by atoms with Crippen LogP contribution in [0.5, 0.6) is 11.8 Å². The molecule has 1 aliphatic rings. The monoisotopic (exact) mass is 265 g/mol. The molecule has 1 fully saturated rings. The van der Waals surface area contributed by atoms with E-state index in [1.165, 1.54) is 32.0 Å². The summed E-state index contributed by atoms with van der Waals surface area (Å²) in [4.78, 5) is 8.20. The summed E-state index contributed by atoms with van der Waals surface area (Å²) in [5, 5.41) is 0. The number of rotatable bonds is 4. The first-order valence-corrected chi connectivity index (χ1v) is 6.92. The van der Waals surface area contributed by atoms with Crippen LogP contribution in [0.4, 0.5) is 0 Å². The normalized spacial score (nSPS) is 18.7. The Bertz CT molecular complexity index is 415. The fourth-order valence-corrected chi connectivity index (χ4v) is 2.56. The highest BCUT2D eigenvalue weighted by molar-refractivity contribution is 5.32. The van der Waals surface area contributed by atoms with E-state index in [9.17, 15) is 0 Å². The predicted molar refractivity (Wildman–Crippen MR) is 73.4 cm³/mol. The van der Waals surface area contributed by atoms with Crippen molar-refractivity contribution < 1.29 is 9.47 Å². The van der Waals surface area contributed by atoms with Gasteiger partial charge in [-0.15, -0.1) is 0 Å². The molecule has 1 aliphatic carbocycles. The number of nitrogens with zero attached hydrogens (tertiary/aromatic N) is 2. The van der Waals surface area contributed by atoms with Gasteiger partial charge in [0.05, 0.1) is 18.2 Å². The van der Waals surface area contributed by atoms with Crippen molar-refractivity contribution in [3.63, 3.8) is 0 Å². The number of methoxy groups -OCH3 is 1. The fourth-order valence-electron chi connectivity index (χ4n) is 2.56. The first-order chi connectivity index (χ1) is 9.14. The molecule has 0 spiro atoms. The molecule has 0 bridgehead atoms. The van der Waals surface area contributed by atoms with Gasteiger partial charge in [-0.2, -0.15) is 0 Å². The molecule has 1 aromatic heterocycles. The smallest absolute Gasteiger partial charge is 0.223 e. The van der Waals surface area contributed by atoms with Gasteiger partial charge >= 0.3 is 0 Å². The summed E-state index contributed by atoms with van der Waals surface area (Å²) in [7, 11) is 1.59. The molecule has 2 rings (SSSR count). The van der Waals surface area contributed by atoms with Crippen molar-refractivity contribution in [2.45, 2.75) is 51.0 Å². The zero-order valence-electron chi connectivity index (χ0n) is 11.8. The van der Waals surface area contributed by atoms with Crippen LogP contribution in [0.3, 0.4) is 0 Å².